The summed E-state index contributed by atoms with van der Waals surface area (Å²) in [5.74, 6) is 0. The van der Waals surface area contributed by atoms with Crippen LogP contribution in [0.5, 0.6) is 0 Å². The van der Waals surface area contributed by atoms with Gasteiger partial charge in [-0.25, -0.2) is 0 Å². The molecule has 0 aliphatic heterocycles. The molecule has 0 fully saturated rings. The van der Waals surface area contributed by atoms with Crippen molar-refractivity contribution in [3.05, 3.63) is 212 Å². The molecule has 0 saturated heterocycles. The van der Waals surface area contributed by atoms with E-state index in [1.54, 1.807) is 0 Å². The van der Waals surface area contributed by atoms with Gasteiger partial charge in [-0.1, -0.05) is 152 Å². The van der Waals surface area contributed by atoms with Crippen molar-refractivity contribution in [3.8, 4) is 44.5 Å². The number of rotatable bonds is 7. The number of hydrogen-bond donors (Lipinski definition) is 0. The van der Waals surface area contributed by atoms with Crippen LogP contribution in [0.1, 0.15) is 0 Å². The smallest absolute Gasteiger partial charge is 0.135 e. The molecule has 0 saturated carbocycles. The summed E-state index contributed by atoms with van der Waals surface area (Å²) in [5, 5.41) is 4.77. The van der Waals surface area contributed by atoms with Crippen LogP contribution in [-0.4, -0.2) is 0 Å². The number of thiophene rings is 1. The standard InChI is InChI=1S/C54H35NOS/c1-3-15-36(16-4-1)38-19-11-21-40(33-38)53-44(45-26-14-30-52-54(45)46-24-8-10-29-51(46)57-52)25-13-27-48(53)55(41-22-12-20-39(34-41)37-17-5-2-6-18-37)42-31-32-50-47(35-42)43-23-7-9-28-49(43)56-50/h1-35H. The van der Waals surface area contributed by atoms with E-state index in [4.69, 9.17) is 4.42 Å². The second-order valence-electron chi connectivity index (χ2n) is 14.5. The van der Waals surface area contributed by atoms with Gasteiger partial charge < -0.3 is 9.32 Å². The largest absolute Gasteiger partial charge is 0.456 e. The molecule has 0 amide bonds. The van der Waals surface area contributed by atoms with Gasteiger partial charge in [0.25, 0.3) is 0 Å². The number of hydrogen-bond acceptors (Lipinski definition) is 3. The first kappa shape index (κ1) is 33.2. The minimum Gasteiger partial charge on any atom is -0.456 e. The molecular formula is C54H35NOS. The van der Waals surface area contributed by atoms with E-state index in [2.05, 4.69) is 205 Å². The van der Waals surface area contributed by atoms with Crippen LogP contribution >= 0.6 is 11.3 Å². The summed E-state index contributed by atoms with van der Waals surface area (Å²) in [6.07, 6.45) is 0. The fourth-order valence-electron chi connectivity index (χ4n) is 8.47. The number of para-hydroxylation sites is 1. The van der Waals surface area contributed by atoms with Crippen LogP contribution in [0.15, 0.2) is 217 Å². The van der Waals surface area contributed by atoms with E-state index in [1.165, 1.54) is 53.6 Å². The van der Waals surface area contributed by atoms with Gasteiger partial charge in [-0.05, 0) is 99.6 Å². The molecule has 0 radical (unpaired) electrons. The van der Waals surface area contributed by atoms with Crippen LogP contribution < -0.4 is 4.90 Å². The summed E-state index contributed by atoms with van der Waals surface area (Å²) < 4.78 is 8.93. The van der Waals surface area contributed by atoms with Crippen molar-refractivity contribution < 1.29 is 4.42 Å². The molecule has 9 aromatic carbocycles. The van der Waals surface area contributed by atoms with Crippen LogP contribution in [-0.2, 0) is 0 Å². The molecule has 0 aliphatic carbocycles. The fraction of sp³-hybridized carbons (Fsp3) is 0. The highest BCUT2D eigenvalue weighted by molar-refractivity contribution is 7.25. The van der Waals surface area contributed by atoms with Crippen LogP contribution in [0.2, 0.25) is 0 Å². The van der Waals surface area contributed by atoms with Crippen LogP contribution in [0, 0.1) is 0 Å². The molecule has 11 rings (SSSR count). The highest BCUT2D eigenvalue weighted by Crippen LogP contribution is 2.50. The summed E-state index contributed by atoms with van der Waals surface area (Å²) in [7, 11) is 0. The Morgan fingerprint density at radius 3 is 1.75 bits per heavy atom. The summed E-state index contributed by atoms with van der Waals surface area (Å²) in [6.45, 7) is 0. The van der Waals surface area contributed by atoms with E-state index in [1.807, 2.05) is 23.5 Å². The second-order valence-corrected chi connectivity index (χ2v) is 15.5. The first-order valence-electron chi connectivity index (χ1n) is 19.3. The zero-order valence-electron chi connectivity index (χ0n) is 31.0. The summed E-state index contributed by atoms with van der Waals surface area (Å²) in [6, 6.07) is 76.6. The second kappa shape index (κ2) is 13.8. The third-order valence-electron chi connectivity index (χ3n) is 11.1. The normalized spacial score (nSPS) is 11.5. The van der Waals surface area contributed by atoms with E-state index in [9.17, 15) is 0 Å². The molecule has 11 aromatic rings. The average Bonchev–Trinajstić information content (AvgIpc) is 3.86. The molecule has 0 unspecified atom stereocenters. The van der Waals surface area contributed by atoms with Gasteiger partial charge in [0.1, 0.15) is 11.2 Å². The Hall–Kier alpha value is -7.20. The third kappa shape index (κ3) is 5.80. The molecule has 0 atom stereocenters. The summed E-state index contributed by atoms with van der Waals surface area (Å²) in [4.78, 5) is 2.44. The quantitative estimate of drug-likeness (QED) is 0.162. The van der Waals surface area contributed by atoms with Gasteiger partial charge in [0.05, 0.1) is 5.69 Å². The van der Waals surface area contributed by atoms with Gasteiger partial charge in [0, 0.05) is 47.9 Å². The van der Waals surface area contributed by atoms with Crippen molar-refractivity contribution in [1.82, 2.24) is 0 Å². The predicted molar refractivity (Wildman–Crippen MR) is 243 cm³/mol. The SMILES string of the molecule is c1ccc(-c2cccc(-c3c(-c4cccc5sc6ccccc6c45)cccc3N(c3cccc(-c4ccccc4)c3)c3ccc4oc5ccccc5c4c3)c2)cc1. The maximum Gasteiger partial charge on any atom is 0.135 e. The van der Waals surface area contributed by atoms with E-state index in [0.717, 1.165) is 50.1 Å². The molecule has 268 valence electrons. The lowest BCUT2D eigenvalue weighted by atomic mass is 9.88. The topological polar surface area (TPSA) is 16.4 Å². The lowest BCUT2D eigenvalue weighted by molar-refractivity contribution is 0.669. The third-order valence-corrected chi connectivity index (χ3v) is 12.2. The highest BCUT2D eigenvalue weighted by atomic mass is 32.1. The van der Waals surface area contributed by atoms with Gasteiger partial charge in [-0.2, -0.15) is 0 Å². The molecule has 2 heterocycles. The van der Waals surface area contributed by atoms with Crippen molar-refractivity contribution in [2.45, 2.75) is 0 Å². The molecule has 57 heavy (non-hydrogen) atoms. The number of nitrogens with zero attached hydrogens (tertiary/aromatic N) is 1. The van der Waals surface area contributed by atoms with Gasteiger partial charge in [-0.3, -0.25) is 0 Å². The number of benzene rings is 9. The van der Waals surface area contributed by atoms with Gasteiger partial charge in [0.15, 0.2) is 0 Å². The van der Waals surface area contributed by atoms with Crippen molar-refractivity contribution in [3.63, 3.8) is 0 Å². The zero-order chi connectivity index (χ0) is 37.7. The van der Waals surface area contributed by atoms with E-state index in [0.29, 0.717) is 0 Å². The molecule has 2 nitrogen and oxygen atoms in total. The van der Waals surface area contributed by atoms with Crippen LogP contribution in [0.3, 0.4) is 0 Å². The number of fused-ring (bicyclic) bond motifs is 6. The maximum absolute atomic E-state index is 6.35. The molecule has 0 N–H and O–H groups in total. The fourth-order valence-corrected chi connectivity index (χ4v) is 9.61. The lowest BCUT2D eigenvalue weighted by Crippen LogP contribution is -2.12. The lowest BCUT2D eigenvalue weighted by Gasteiger charge is -2.30. The summed E-state index contributed by atoms with van der Waals surface area (Å²) >= 11 is 1.86. The molecule has 3 heteroatoms. The van der Waals surface area contributed by atoms with Crippen LogP contribution in [0.25, 0.3) is 86.6 Å². The van der Waals surface area contributed by atoms with Crippen LogP contribution in [0.4, 0.5) is 17.1 Å². The Labute approximate surface area is 335 Å². The molecule has 0 spiro atoms. The van der Waals surface area contributed by atoms with Gasteiger partial charge in [0.2, 0.25) is 0 Å². The first-order valence-corrected chi connectivity index (χ1v) is 20.1. The number of anilines is 3. The van der Waals surface area contributed by atoms with E-state index >= 15 is 0 Å². The number of furan rings is 1. The monoisotopic (exact) mass is 745 g/mol. The van der Waals surface area contributed by atoms with E-state index < -0.39 is 0 Å². The van der Waals surface area contributed by atoms with Crippen molar-refractivity contribution in [2.75, 3.05) is 4.90 Å². The van der Waals surface area contributed by atoms with Crippen molar-refractivity contribution in [2.24, 2.45) is 0 Å². The predicted octanol–water partition coefficient (Wildman–Crippen LogP) is 16.1. The van der Waals surface area contributed by atoms with Gasteiger partial charge in [-0.15, -0.1) is 11.3 Å². The summed E-state index contributed by atoms with van der Waals surface area (Å²) in [5.41, 5.74) is 14.4. The zero-order valence-corrected chi connectivity index (χ0v) is 31.8. The maximum atomic E-state index is 6.35. The Morgan fingerprint density at radius 1 is 0.351 bits per heavy atom. The minimum absolute atomic E-state index is 0.874. The Morgan fingerprint density at radius 2 is 0.930 bits per heavy atom. The average molecular weight is 746 g/mol. The molecule has 0 bridgehead atoms. The van der Waals surface area contributed by atoms with Crippen molar-refractivity contribution >= 4 is 70.5 Å². The van der Waals surface area contributed by atoms with Crippen molar-refractivity contribution in [1.29, 1.82) is 0 Å². The molecule has 0 aliphatic rings. The van der Waals surface area contributed by atoms with E-state index in [-0.39, 0.29) is 0 Å². The molecule has 2 aromatic heterocycles. The minimum atomic E-state index is 0.874. The Balaban J connectivity index is 1.23. The Kier molecular flexibility index (Phi) is 8.04. The Bertz CT molecular complexity index is 3250. The van der Waals surface area contributed by atoms with Gasteiger partial charge >= 0.3 is 0 Å². The highest BCUT2D eigenvalue weighted by Gasteiger charge is 2.24. The first-order chi connectivity index (χ1) is 28.3. The molecular weight excluding hydrogens is 711 g/mol.